The van der Waals surface area contributed by atoms with Crippen molar-refractivity contribution in [2.45, 2.75) is 93.8 Å². The number of aliphatic hydroxyl groups is 3. The highest BCUT2D eigenvalue weighted by molar-refractivity contribution is 7.66. The number of nitrogen functional groups attached to an aromatic ring is 2. The third kappa shape index (κ3) is 12.8. The van der Waals surface area contributed by atoms with Crippen LogP contribution in [0.15, 0.2) is 34.9 Å². The van der Waals surface area contributed by atoms with Crippen LogP contribution in [-0.4, -0.2) is 184 Å². The van der Waals surface area contributed by atoms with E-state index in [1.165, 1.54) is 27.1 Å². The molecule has 9 rings (SSSR count). The molecule has 3 fully saturated rings. The molecule has 0 saturated carbocycles. The van der Waals surface area contributed by atoms with Crippen LogP contribution in [0.3, 0.4) is 0 Å². The molecular formula is C38H56N15O24P4+. The maximum absolute atomic E-state index is 13.8. The zero-order chi connectivity index (χ0) is 58.7. The smallest absolute Gasteiger partial charge is 0.387 e. The van der Waals surface area contributed by atoms with Crippen molar-refractivity contribution in [2.24, 2.45) is 13.0 Å². The molecule has 0 spiro atoms. The number of aromatic amines is 2. The molecule has 0 aliphatic carbocycles. The summed E-state index contributed by atoms with van der Waals surface area (Å²) in [5, 5.41) is 36.3. The molecule has 6 aromatic heterocycles. The average molecular weight is 1230 g/mol. The van der Waals surface area contributed by atoms with Gasteiger partial charge in [0.15, 0.2) is 35.1 Å². The number of rotatable bonds is 24. The highest BCUT2D eigenvalue weighted by Crippen LogP contribution is 2.68. The summed E-state index contributed by atoms with van der Waals surface area (Å²) >= 11 is 0. The second kappa shape index (κ2) is 23.5. The van der Waals surface area contributed by atoms with Crippen molar-refractivity contribution in [1.29, 1.82) is 0 Å². The number of H-pyrrole nitrogens is 2. The van der Waals surface area contributed by atoms with Crippen LogP contribution in [0.1, 0.15) is 39.0 Å². The fourth-order valence-corrected chi connectivity index (χ4v) is 13.8. The lowest BCUT2D eigenvalue weighted by Gasteiger charge is -2.26. The van der Waals surface area contributed by atoms with Crippen LogP contribution in [0, 0.1) is 5.92 Å². The highest BCUT2D eigenvalue weighted by Gasteiger charge is 2.54. The van der Waals surface area contributed by atoms with Crippen molar-refractivity contribution in [3.05, 3.63) is 46.0 Å². The number of phosphoric acid groups is 4. The van der Waals surface area contributed by atoms with Gasteiger partial charge < -0.3 is 75.4 Å². The van der Waals surface area contributed by atoms with Gasteiger partial charge in [-0.25, -0.2) is 42.8 Å². The molecular weight excluding hydrogens is 1170 g/mol. The molecule has 39 nitrogen and oxygen atoms in total. The standard InChI is InChI=1S/C38H55N15O24P4/c1-15(2)45-38-47-31-22(33(58)49-38)50(3)14-53(31)34-23(54)16(6-7-67-4)17(72-34)8-70-79(61,62)76-81(65,66)77-80(63,64)71-10-19-26(27(68-5)36(74-19)51-12-43-20-28(39)41-11-42-29(20)51)75-78(59,60)69-9-18-24(55)25(56)35(73-18)52-13-44-21-30(52)46-37(40)48-32(21)57/h11-19,23-27,34-36,54-56H,6-10H2,1-5H3,(H10-,39,40,41,42,45,46,47,48,49,57,58,59,60,61,62,63,64,65,66)/p+1/t16-,17-,18-,19-,23-,24-,25-,26-,27-,34-,35-,36-/m1/s1. The second-order valence-electron chi connectivity index (χ2n) is 18.7. The van der Waals surface area contributed by atoms with Gasteiger partial charge in [-0.1, -0.05) is 0 Å². The molecule has 9 heterocycles. The monoisotopic (exact) mass is 1230 g/mol. The maximum Gasteiger partial charge on any atom is 0.490 e. The Morgan fingerprint density at radius 3 is 1.98 bits per heavy atom. The number of methoxy groups -OCH3 is 2. The summed E-state index contributed by atoms with van der Waals surface area (Å²) in [5.41, 5.74) is 10.3. The average Bonchev–Trinajstić information content (AvgIpc) is 3.54. The van der Waals surface area contributed by atoms with Gasteiger partial charge in [0, 0.05) is 32.8 Å². The third-order valence-corrected chi connectivity index (χ3v) is 18.0. The van der Waals surface area contributed by atoms with Gasteiger partial charge in [0.25, 0.3) is 16.7 Å². The highest BCUT2D eigenvalue weighted by atomic mass is 31.3. The number of aliphatic hydroxyl groups excluding tert-OH is 3. The molecule has 81 heavy (non-hydrogen) atoms. The van der Waals surface area contributed by atoms with Crippen molar-refractivity contribution in [1.82, 2.24) is 53.6 Å². The van der Waals surface area contributed by atoms with Gasteiger partial charge in [-0.15, -0.1) is 0 Å². The number of phosphoric ester groups is 3. The largest absolute Gasteiger partial charge is 0.490 e. The Balaban J connectivity index is 0.871. The molecule has 3 saturated heterocycles. The number of nitrogens with one attached hydrogen (secondary N) is 3. The van der Waals surface area contributed by atoms with Crippen molar-refractivity contribution < 1.29 is 108 Å². The van der Waals surface area contributed by atoms with Gasteiger partial charge in [-0.2, -0.15) is 23.2 Å². The molecule has 6 aromatic rings. The molecule has 0 bridgehead atoms. The summed E-state index contributed by atoms with van der Waals surface area (Å²) in [6, 6.07) is -0.141. The van der Waals surface area contributed by atoms with Gasteiger partial charge in [0.1, 0.15) is 54.6 Å². The molecule has 0 aromatic carbocycles. The lowest BCUT2D eigenvalue weighted by atomic mass is 9.95. The number of aryl methyl sites for hydroxylation is 1. The number of ether oxygens (including phenoxy) is 5. The minimum absolute atomic E-state index is 0.0188. The molecule has 0 radical (unpaired) electrons. The van der Waals surface area contributed by atoms with E-state index < -0.39 is 136 Å². The first-order valence-electron chi connectivity index (χ1n) is 23.9. The number of fused-ring (bicyclic) bond motifs is 3. The molecule has 0 amide bonds. The van der Waals surface area contributed by atoms with E-state index in [9.17, 15) is 62.7 Å². The molecule has 3 aliphatic rings. The van der Waals surface area contributed by atoms with Crippen LogP contribution < -0.4 is 32.5 Å². The van der Waals surface area contributed by atoms with Crippen LogP contribution in [0.25, 0.3) is 33.5 Å². The third-order valence-electron chi connectivity index (χ3n) is 12.8. The normalized spacial score (nSPS) is 29.1. The van der Waals surface area contributed by atoms with Crippen molar-refractivity contribution in [3.63, 3.8) is 0 Å². The zero-order valence-electron chi connectivity index (χ0n) is 42.8. The van der Waals surface area contributed by atoms with E-state index in [0.717, 1.165) is 30.7 Å². The number of hydrogen-bond donors (Lipinski definition) is 12. The van der Waals surface area contributed by atoms with Crippen molar-refractivity contribution >= 4 is 82.5 Å². The van der Waals surface area contributed by atoms with Crippen molar-refractivity contribution in [2.75, 3.05) is 57.4 Å². The van der Waals surface area contributed by atoms with Crippen LogP contribution in [0.4, 0.5) is 17.7 Å². The fourth-order valence-electron chi connectivity index (χ4n) is 9.31. The number of nitrogens with two attached hydrogens (primary N) is 2. The molecule has 3 aliphatic heterocycles. The van der Waals surface area contributed by atoms with Crippen LogP contribution in [0.2, 0.25) is 0 Å². The van der Waals surface area contributed by atoms with E-state index in [-0.39, 0.29) is 70.3 Å². The van der Waals surface area contributed by atoms with E-state index in [0.29, 0.717) is 0 Å². The number of imidazole rings is 3. The predicted molar refractivity (Wildman–Crippen MR) is 267 cm³/mol. The summed E-state index contributed by atoms with van der Waals surface area (Å²) in [4.78, 5) is 97.9. The summed E-state index contributed by atoms with van der Waals surface area (Å²) in [6.45, 7) is 0.519. The Labute approximate surface area is 453 Å². The van der Waals surface area contributed by atoms with E-state index in [4.69, 9.17) is 53.2 Å². The summed E-state index contributed by atoms with van der Waals surface area (Å²) in [7, 11) is -19.4. The Morgan fingerprint density at radius 1 is 0.704 bits per heavy atom. The molecule has 446 valence electrons. The summed E-state index contributed by atoms with van der Waals surface area (Å²) in [5.74, 6) is -1.21. The fraction of sp³-hybridized carbons (Fsp3) is 0.605. The number of anilines is 3. The topological polar surface area (TPSA) is 537 Å². The lowest BCUT2D eigenvalue weighted by molar-refractivity contribution is -0.646. The van der Waals surface area contributed by atoms with Crippen molar-refractivity contribution in [3.8, 4) is 0 Å². The van der Waals surface area contributed by atoms with E-state index in [1.807, 2.05) is 13.8 Å². The molecule has 16 atom stereocenters. The van der Waals surface area contributed by atoms with E-state index >= 15 is 0 Å². The quantitative estimate of drug-likeness (QED) is 0.0226. The summed E-state index contributed by atoms with van der Waals surface area (Å²) < 4.78 is 117. The molecule has 14 N–H and O–H groups in total. The maximum atomic E-state index is 13.8. The Bertz CT molecular complexity index is 3600. The minimum Gasteiger partial charge on any atom is -0.387 e. The van der Waals surface area contributed by atoms with Gasteiger partial charge in [0.05, 0.1) is 45.6 Å². The predicted octanol–water partition coefficient (Wildman–Crippen LogP) is -2.18. The second-order valence-corrected chi connectivity index (χ2v) is 24.7. The van der Waals surface area contributed by atoms with E-state index in [1.54, 1.807) is 7.05 Å². The SMILES string of the molecule is COCC[C@H]1[C@@H](O)[C@H](n2c[n+](C)c3c(=O)[nH]c(NC(C)C)nc32)O[C@@H]1COP(=O)(O)OP(=O)(O)OP(=O)(O)OC[C@H]1O[C@@H](n2cnc3c(N)ncnc32)[C@H](OC)[C@@H]1OP(=O)(O)OC[C@H]1O[C@@H](n2cnc3c(=O)[nH]c(N)nc32)[C@H](O)[C@@H]1O. The first-order valence-corrected chi connectivity index (χ1v) is 29.9. The molecule has 4 unspecified atom stereocenters. The number of hydrogen-bond acceptors (Lipinski definition) is 29. The van der Waals surface area contributed by atoms with Gasteiger partial charge in [-0.3, -0.25) is 46.8 Å². The number of nitrogens with zero attached hydrogens (tertiary/aromatic N) is 10. The minimum atomic E-state index is -6.18. The Hall–Kier alpha value is -5.15. The Kier molecular flexibility index (Phi) is 17.5. The molecule has 43 heteroatoms. The first kappa shape index (κ1) is 60.4. The van der Waals surface area contributed by atoms with Gasteiger partial charge in [-0.05, 0) is 20.3 Å². The zero-order valence-corrected chi connectivity index (χ0v) is 46.4. The van der Waals surface area contributed by atoms with Gasteiger partial charge in [0.2, 0.25) is 24.5 Å². The first-order chi connectivity index (χ1) is 38.1. The lowest BCUT2D eigenvalue weighted by Crippen LogP contribution is -2.38. The van der Waals surface area contributed by atoms with E-state index in [2.05, 4.69) is 53.8 Å². The van der Waals surface area contributed by atoms with Gasteiger partial charge >= 0.3 is 36.9 Å². The van der Waals surface area contributed by atoms with Crippen LogP contribution >= 0.6 is 31.3 Å². The van der Waals surface area contributed by atoms with Crippen LogP contribution in [-0.2, 0) is 75.7 Å². The summed E-state index contributed by atoms with van der Waals surface area (Å²) in [6.07, 6.45) is -12.6. The van der Waals surface area contributed by atoms with Crippen LogP contribution in [0.5, 0.6) is 0 Å². The Morgan fingerprint density at radius 2 is 1.31 bits per heavy atom. The number of aromatic nitrogens is 12.